The molecule has 2 aromatic rings. The van der Waals surface area contributed by atoms with Crippen LogP contribution in [0.1, 0.15) is 37.3 Å². The number of nitrogens with zero attached hydrogens (tertiary/aromatic N) is 2. The third-order valence-corrected chi connectivity index (χ3v) is 4.07. The SMILES string of the molecule is CCC(O)COc1ccc2c(c1)CCCC(c1cccnc1)=N2. The third-order valence-electron chi connectivity index (χ3n) is 4.07. The highest BCUT2D eigenvalue weighted by atomic mass is 16.5. The van der Waals surface area contributed by atoms with E-state index in [1.807, 2.05) is 37.4 Å². The first-order valence-corrected chi connectivity index (χ1v) is 8.18. The van der Waals surface area contributed by atoms with Crippen LogP contribution in [0.25, 0.3) is 0 Å². The van der Waals surface area contributed by atoms with Crippen LogP contribution in [0.2, 0.25) is 0 Å². The fraction of sp³-hybridized carbons (Fsp3) is 0.368. The predicted octanol–water partition coefficient (Wildman–Crippen LogP) is 3.69. The number of aliphatic hydroxyl groups excluding tert-OH is 1. The van der Waals surface area contributed by atoms with Crippen molar-refractivity contribution >= 4 is 11.4 Å². The fourth-order valence-corrected chi connectivity index (χ4v) is 2.66. The lowest BCUT2D eigenvalue weighted by Crippen LogP contribution is -2.16. The Labute approximate surface area is 136 Å². The summed E-state index contributed by atoms with van der Waals surface area (Å²) in [4.78, 5) is 9.02. The minimum Gasteiger partial charge on any atom is -0.491 e. The van der Waals surface area contributed by atoms with Crippen LogP contribution in [-0.2, 0) is 6.42 Å². The molecular weight excluding hydrogens is 288 g/mol. The van der Waals surface area contributed by atoms with Crippen LogP contribution in [0.5, 0.6) is 5.75 Å². The van der Waals surface area contributed by atoms with Gasteiger partial charge in [-0.15, -0.1) is 0 Å². The number of hydrogen-bond donors (Lipinski definition) is 1. The first-order chi connectivity index (χ1) is 11.3. The van der Waals surface area contributed by atoms with E-state index in [2.05, 4.69) is 11.1 Å². The van der Waals surface area contributed by atoms with Gasteiger partial charge in [-0.2, -0.15) is 0 Å². The van der Waals surface area contributed by atoms with E-state index in [0.29, 0.717) is 13.0 Å². The maximum absolute atomic E-state index is 9.61. The lowest BCUT2D eigenvalue weighted by atomic mass is 10.0. The Bertz CT molecular complexity index is 683. The van der Waals surface area contributed by atoms with E-state index in [0.717, 1.165) is 42.0 Å². The number of pyridine rings is 1. The van der Waals surface area contributed by atoms with Gasteiger partial charge in [0.25, 0.3) is 0 Å². The van der Waals surface area contributed by atoms with Crippen LogP contribution in [-0.4, -0.2) is 28.5 Å². The van der Waals surface area contributed by atoms with Gasteiger partial charge in [0.15, 0.2) is 0 Å². The first kappa shape index (κ1) is 15.7. The molecule has 0 bridgehead atoms. The highest BCUT2D eigenvalue weighted by Gasteiger charge is 2.13. The van der Waals surface area contributed by atoms with E-state index in [1.54, 1.807) is 6.20 Å². The number of aryl methyl sites for hydroxylation is 1. The molecule has 1 aromatic carbocycles. The molecule has 120 valence electrons. The number of rotatable bonds is 5. The van der Waals surface area contributed by atoms with Crippen LogP contribution < -0.4 is 4.74 Å². The summed E-state index contributed by atoms with van der Waals surface area (Å²) in [6.07, 6.45) is 6.92. The zero-order chi connectivity index (χ0) is 16.1. The Hall–Kier alpha value is -2.20. The maximum Gasteiger partial charge on any atom is 0.119 e. The van der Waals surface area contributed by atoms with Crippen molar-refractivity contribution in [3.8, 4) is 5.75 Å². The molecule has 3 rings (SSSR count). The van der Waals surface area contributed by atoms with Crippen molar-refractivity contribution in [2.45, 2.75) is 38.7 Å². The molecule has 0 aliphatic carbocycles. The van der Waals surface area contributed by atoms with Crippen molar-refractivity contribution < 1.29 is 9.84 Å². The molecule has 1 aliphatic rings. The van der Waals surface area contributed by atoms with E-state index in [1.165, 1.54) is 5.56 Å². The molecule has 4 heteroatoms. The summed E-state index contributed by atoms with van der Waals surface area (Å²) in [6.45, 7) is 2.28. The van der Waals surface area contributed by atoms with Crippen LogP contribution in [0.3, 0.4) is 0 Å². The summed E-state index contributed by atoms with van der Waals surface area (Å²) in [5.41, 5.74) is 4.38. The van der Waals surface area contributed by atoms with Crippen molar-refractivity contribution in [3.05, 3.63) is 53.9 Å². The second kappa shape index (κ2) is 7.38. The molecule has 0 fully saturated rings. The Morgan fingerprint density at radius 1 is 1.26 bits per heavy atom. The maximum atomic E-state index is 9.61. The van der Waals surface area contributed by atoms with Crippen molar-refractivity contribution in [1.82, 2.24) is 4.98 Å². The number of ether oxygens (including phenoxy) is 1. The summed E-state index contributed by atoms with van der Waals surface area (Å²) in [5, 5.41) is 9.61. The summed E-state index contributed by atoms with van der Waals surface area (Å²) < 4.78 is 5.67. The van der Waals surface area contributed by atoms with E-state index in [9.17, 15) is 5.11 Å². The standard InChI is InChI=1S/C19H22N2O2/c1-2-16(22)13-23-17-8-9-19-14(11-17)5-3-7-18(21-19)15-6-4-10-20-12-15/h4,6,8-12,16,22H,2-3,5,7,13H2,1H3. The van der Waals surface area contributed by atoms with Crippen LogP contribution in [0.15, 0.2) is 47.7 Å². The molecule has 0 radical (unpaired) electrons. The van der Waals surface area contributed by atoms with E-state index in [-0.39, 0.29) is 0 Å². The zero-order valence-corrected chi connectivity index (χ0v) is 13.4. The van der Waals surface area contributed by atoms with Gasteiger partial charge in [0.1, 0.15) is 12.4 Å². The summed E-state index contributed by atoms with van der Waals surface area (Å²) in [5.74, 6) is 0.802. The minimum absolute atomic E-state index is 0.333. The molecule has 4 nitrogen and oxygen atoms in total. The Balaban J connectivity index is 1.81. The molecule has 0 saturated heterocycles. The van der Waals surface area contributed by atoms with Gasteiger partial charge < -0.3 is 9.84 Å². The molecule has 0 amide bonds. The van der Waals surface area contributed by atoms with Gasteiger partial charge in [0, 0.05) is 23.7 Å². The van der Waals surface area contributed by atoms with E-state index in [4.69, 9.17) is 9.73 Å². The molecule has 1 atom stereocenters. The lowest BCUT2D eigenvalue weighted by Gasteiger charge is -2.12. The topological polar surface area (TPSA) is 54.7 Å². The monoisotopic (exact) mass is 310 g/mol. The number of hydrogen-bond acceptors (Lipinski definition) is 4. The Morgan fingerprint density at radius 3 is 2.96 bits per heavy atom. The highest BCUT2D eigenvalue weighted by molar-refractivity contribution is 6.02. The van der Waals surface area contributed by atoms with Crippen molar-refractivity contribution in [2.24, 2.45) is 4.99 Å². The van der Waals surface area contributed by atoms with Crippen molar-refractivity contribution in [1.29, 1.82) is 0 Å². The van der Waals surface area contributed by atoms with E-state index < -0.39 is 6.10 Å². The van der Waals surface area contributed by atoms with Crippen LogP contribution >= 0.6 is 0 Å². The fourth-order valence-electron chi connectivity index (χ4n) is 2.66. The van der Waals surface area contributed by atoms with Gasteiger partial charge in [0.05, 0.1) is 11.8 Å². The number of aromatic nitrogens is 1. The highest BCUT2D eigenvalue weighted by Crippen LogP contribution is 2.30. The van der Waals surface area contributed by atoms with Gasteiger partial charge in [0.2, 0.25) is 0 Å². The quantitative estimate of drug-likeness (QED) is 0.916. The Kier molecular flexibility index (Phi) is 5.03. The number of fused-ring (bicyclic) bond motifs is 1. The second-order valence-electron chi connectivity index (χ2n) is 5.82. The predicted molar refractivity (Wildman–Crippen MR) is 91.6 cm³/mol. The third kappa shape index (κ3) is 3.96. The second-order valence-corrected chi connectivity index (χ2v) is 5.82. The van der Waals surface area contributed by atoms with E-state index >= 15 is 0 Å². The molecule has 0 saturated carbocycles. The lowest BCUT2D eigenvalue weighted by molar-refractivity contribution is 0.104. The normalized spacial score (nSPS) is 15.3. The number of aliphatic hydroxyl groups is 1. The van der Waals surface area contributed by atoms with Gasteiger partial charge in [-0.25, -0.2) is 0 Å². The summed E-state index contributed by atoms with van der Waals surface area (Å²) in [7, 11) is 0. The minimum atomic E-state index is -0.413. The van der Waals surface area contributed by atoms with Crippen molar-refractivity contribution in [2.75, 3.05) is 6.61 Å². The largest absolute Gasteiger partial charge is 0.491 e. The molecule has 2 heterocycles. The number of benzene rings is 1. The molecule has 23 heavy (non-hydrogen) atoms. The molecular formula is C19H22N2O2. The summed E-state index contributed by atoms with van der Waals surface area (Å²) >= 11 is 0. The molecule has 0 spiro atoms. The van der Waals surface area contributed by atoms with Crippen molar-refractivity contribution in [3.63, 3.8) is 0 Å². The number of aliphatic imine (C=N–C) groups is 1. The molecule has 1 aliphatic heterocycles. The molecule has 1 N–H and O–H groups in total. The van der Waals surface area contributed by atoms with Crippen LogP contribution in [0.4, 0.5) is 5.69 Å². The van der Waals surface area contributed by atoms with Gasteiger partial charge in [-0.1, -0.05) is 13.0 Å². The first-order valence-electron chi connectivity index (χ1n) is 8.18. The van der Waals surface area contributed by atoms with Gasteiger partial charge in [-0.05, 0) is 55.5 Å². The summed E-state index contributed by atoms with van der Waals surface area (Å²) in [6, 6.07) is 9.98. The molecule has 1 unspecified atom stereocenters. The Morgan fingerprint density at radius 2 is 2.17 bits per heavy atom. The van der Waals surface area contributed by atoms with Gasteiger partial charge in [-0.3, -0.25) is 9.98 Å². The van der Waals surface area contributed by atoms with Gasteiger partial charge >= 0.3 is 0 Å². The average molecular weight is 310 g/mol. The average Bonchev–Trinajstić information content (AvgIpc) is 2.82. The molecule has 1 aromatic heterocycles. The smallest absolute Gasteiger partial charge is 0.119 e. The zero-order valence-electron chi connectivity index (χ0n) is 13.4. The van der Waals surface area contributed by atoms with Crippen LogP contribution in [0, 0.1) is 0 Å².